The van der Waals surface area contributed by atoms with Crippen molar-refractivity contribution in [3.05, 3.63) is 11.9 Å². The number of hydrogen-bond donors (Lipinski definition) is 3. The molecule has 3 N–H and O–H groups in total. The van der Waals surface area contributed by atoms with Crippen LogP contribution in [0.2, 0.25) is 0 Å². The highest BCUT2D eigenvalue weighted by atomic mass is 16.5. The quantitative estimate of drug-likeness (QED) is 0.187. The second kappa shape index (κ2) is 11.2. The molecule has 0 aliphatic carbocycles. The lowest BCUT2D eigenvalue weighted by molar-refractivity contribution is -0.469. The van der Waals surface area contributed by atoms with Crippen LogP contribution in [0, 0.1) is 0 Å². The van der Waals surface area contributed by atoms with Crippen molar-refractivity contribution in [2.75, 3.05) is 6.54 Å². The summed E-state index contributed by atoms with van der Waals surface area (Å²) in [5.41, 5.74) is 1.60. The molecule has 0 unspecified atom stereocenters. The van der Waals surface area contributed by atoms with Crippen molar-refractivity contribution in [2.45, 2.75) is 52.4 Å². The van der Waals surface area contributed by atoms with E-state index in [0.29, 0.717) is 12.8 Å². The zero-order valence-corrected chi connectivity index (χ0v) is 12.4. The third kappa shape index (κ3) is 8.42. The Balaban J connectivity index is 3.73. The van der Waals surface area contributed by atoms with E-state index in [0.717, 1.165) is 38.0 Å². The average molecular weight is 284 g/mol. The van der Waals surface area contributed by atoms with Gasteiger partial charge in [-0.1, -0.05) is 12.8 Å². The number of hydrogen-bond acceptors (Lipinski definition) is 3. The van der Waals surface area contributed by atoms with Crippen LogP contribution in [0.15, 0.2) is 11.9 Å². The molecule has 0 fully saturated rings. The Morgan fingerprint density at radius 3 is 2.15 bits per heavy atom. The summed E-state index contributed by atoms with van der Waals surface area (Å²) in [6.07, 6.45) is 5.86. The zero-order valence-electron chi connectivity index (χ0n) is 12.4. The Labute approximate surface area is 120 Å². The summed E-state index contributed by atoms with van der Waals surface area (Å²) in [7, 11) is 0. The first-order chi connectivity index (χ1) is 9.54. The van der Waals surface area contributed by atoms with Crippen LogP contribution in [0.25, 0.3) is 0 Å². The molecule has 20 heavy (non-hydrogen) atoms. The number of hydroxylamine groups is 1. The molecular weight excluding hydrogens is 258 g/mol. The first-order valence-electron chi connectivity index (χ1n) is 7.02. The van der Waals surface area contributed by atoms with Crippen LogP contribution in [-0.4, -0.2) is 34.9 Å². The number of carbonyl (C=O) groups is 2. The summed E-state index contributed by atoms with van der Waals surface area (Å²) in [6, 6.07) is 0. The van der Waals surface area contributed by atoms with Crippen molar-refractivity contribution in [1.29, 1.82) is 0 Å². The molecule has 0 radical (unpaired) electrons. The van der Waals surface area contributed by atoms with Crippen molar-refractivity contribution >= 4 is 18.5 Å². The van der Waals surface area contributed by atoms with E-state index in [-0.39, 0.29) is 11.8 Å². The summed E-state index contributed by atoms with van der Waals surface area (Å²) in [6.45, 7) is 8.37. The second-order valence-corrected chi connectivity index (χ2v) is 4.53. The van der Waals surface area contributed by atoms with E-state index in [9.17, 15) is 9.59 Å². The number of nitrogens with one attached hydrogen (secondary N) is 2. The zero-order chi connectivity index (χ0) is 15.4. The number of unbranched alkanes of at least 4 members (excludes halogenated alkanes) is 3. The van der Waals surface area contributed by atoms with Gasteiger partial charge in [-0.25, -0.2) is 20.2 Å². The maximum absolute atomic E-state index is 11.7. The predicted molar refractivity (Wildman–Crippen MR) is 77.5 cm³/mol. The first-order valence-corrected chi connectivity index (χ1v) is 7.02. The number of carbonyl (C=O) groups excluding carboxylic acids is 2. The average Bonchev–Trinajstić information content (AvgIpc) is 2.46. The van der Waals surface area contributed by atoms with Crippen molar-refractivity contribution in [1.82, 2.24) is 10.8 Å². The van der Waals surface area contributed by atoms with Gasteiger partial charge in [0.2, 0.25) is 5.91 Å². The molecule has 0 rings (SSSR count). The van der Waals surface area contributed by atoms with E-state index >= 15 is 0 Å². The smallest absolute Gasteiger partial charge is 0.289 e. The van der Waals surface area contributed by atoms with Gasteiger partial charge >= 0.3 is 5.91 Å². The highest BCUT2D eigenvalue weighted by Gasteiger charge is 2.12. The molecule has 0 aromatic heterocycles. The Morgan fingerprint density at radius 2 is 1.70 bits per heavy atom. The fraction of sp³-hybridized carbons (Fsp3) is 0.643. The Morgan fingerprint density at radius 1 is 1.15 bits per heavy atom. The molecule has 0 atom stereocenters. The van der Waals surface area contributed by atoms with Crippen LogP contribution in [0.3, 0.4) is 0 Å². The molecule has 0 aromatic carbocycles. The molecule has 0 saturated carbocycles. The monoisotopic (exact) mass is 284 g/mol. The van der Waals surface area contributed by atoms with Crippen LogP contribution in [0.5, 0.6) is 0 Å². The summed E-state index contributed by atoms with van der Waals surface area (Å²) in [4.78, 5) is 22.5. The van der Waals surface area contributed by atoms with Crippen molar-refractivity contribution < 1.29 is 19.4 Å². The number of allylic oxidation sites excluding steroid dienone is 1. The lowest BCUT2D eigenvalue weighted by Crippen LogP contribution is -2.29. The van der Waals surface area contributed by atoms with E-state index in [2.05, 4.69) is 12.0 Å². The molecule has 0 aliphatic rings. The SMILES string of the molecule is C=[N+](CC)/C(=C\C)NC(=O)CCCCCCC(=O)NO. The molecule has 2 amide bonds. The van der Waals surface area contributed by atoms with Gasteiger partial charge in [-0.15, -0.1) is 0 Å². The molecule has 114 valence electrons. The van der Waals surface area contributed by atoms with Crippen LogP contribution in [0.1, 0.15) is 52.4 Å². The summed E-state index contributed by atoms with van der Waals surface area (Å²) in [5, 5.41) is 11.1. The maximum Gasteiger partial charge on any atom is 0.307 e. The van der Waals surface area contributed by atoms with Gasteiger partial charge in [-0.3, -0.25) is 10.0 Å². The Kier molecular flexibility index (Phi) is 10.2. The van der Waals surface area contributed by atoms with Crippen LogP contribution < -0.4 is 10.8 Å². The minimum Gasteiger partial charge on any atom is -0.289 e. The van der Waals surface area contributed by atoms with Gasteiger partial charge in [0.25, 0.3) is 5.82 Å². The third-order valence-electron chi connectivity index (χ3n) is 2.95. The van der Waals surface area contributed by atoms with Gasteiger partial charge in [-0.2, -0.15) is 0 Å². The van der Waals surface area contributed by atoms with E-state index < -0.39 is 0 Å². The van der Waals surface area contributed by atoms with E-state index in [1.807, 2.05) is 19.9 Å². The molecule has 6 nitrogen and oxygen atoms in total. The maximum atomic E-state index is 11.7. The first kappa shape index (κ1) is 18.3. The highest BCUT2D eigenvalue weighted by molar-refractivity contribution is 5.77. The molecule has 0 spiro atoms. The summed E-state index contributed by atoms with van der Waals surface area (Å²) < 4.78 is 1.73. The summed E-state index contributed by atoms with van der Waals surface area (Å²) in [5.74, 6) is 0.334. The van der Waals surface area contributed by atoms with Crippen LogP contribution in [-0.2, 0) is 9.59 Å². The fourth-order valence-corrected chi connectivity index (χ4v) is 1.69. The highest BCUT2D eigenvalue weighted by Crippen LogP contribution is 2.05. The molecule has 0 bridgehead atoms. The van der Waals surface area contributed by atoms with Crippen molar-refractivity contribution in [3.8, 4) is 0 Å². The minimum atomic E-state index is -0.365. The number of rotatable bonds is 10. The summed E-state index contributed by atoms with van der Waals surface area (Å²) >= 11 is 0. The van der Waals surface area contributed by atoms with Gasteiger partial charge in [-0.05, 0) is 26.7 Å². The molecule has 6 heteroatoms. The molecule has 0 saturated heterocycles. The molecule has 0 heterocycles. The van der Waals surface area contributed by atoms with E-state index in [1.165, 1.54) is 0 Å². The fourth-order valence-electron chi connectivity index (χ4n) is 1.69. The Bertz CT molecular complexity index is 365. The molecular formula is C14H26N3O3+. The third-order valence-corrected chi connectivity index (χ3v) is 2.95. The largest absolute Gasteiger partial charge is 0.307 e. The van der Waals surface area contributed by atoms with Crippen LogP contribution >= 0.6 is 0 Å². The standard InChI is InChI=1S/C14H25N3O3/c1-4-12(17(3)5-2)15-13(18)10-8-6-7-9-11-14(19)16-20/h4H,3,5-11H2,1-2H3,(H2-,15,16,18,19,20)/p+1/b12-4-. The molecule has 0 aromatic rings. The number of nitrogens with zero attached hydrogens (tertiary/aromatic N) is 1. The minimum absolute atomic E-state index is 0.0201. The van der Waals surface area contributed by atoms with Gasteiger partial charge in [0.1, 0.15) is 0 Å². The van der Waals surface area contributed by atoms with Gasteiger partial charge in [0, 0.05) is 18.9 Å². The normalized spacial score (nSPS) is 11.1. The predicted octanol–water partition coefficient (Wildman–Crippen LogP) is 1.54. The lowest BCUT2D eigenvalue weighted by Gasteiger charge is -2.05. The van der Waals surface area contributed by atoms with Gasteiger partial charge < -0.3 is 0 Å². The van der Waals surface area contributed by atoms with Gasteiger partial charge in [0.15, 0.2) is 0 Å². The molecule has 0 aliphatic heterocycles. The van der Waals surface area contributed by atoms with Crippen molar-refractivity contribution in [2.24, 2.45) is 0 Å². The topological polar surface area (TPSA) is 81.4 Å². The Hall–Kier alpha value is -1.69. The van der Waals surface area contributed by atoms with E-state index in [1.54, 1.807) is 10.1 Å². The number of amides is 2. The lowest BCUT2D eigenvalue weighted by atomic mass is 10.1. The van der Waals surface area contributed by atoms with Crippen LogP contribution in [0.4, 0.5) is 0 Å². The van der Waals surface area contributed by atoms with Gasteiger partial charge in [0.05, 0.1) is 13.3 Å². The van der Waals surface area contributed by atoms with E-state index in [4.69, 9.17) is 5.21 Å². The second-order valence-electron chi connectivity index (χ2n) is 4.53. The van der Waals surface area contributed by atoms with Crippen molar-refractivity contribution in [3.63, 3.8) is 0 Å².